The van der Waals surface area contributed by atoms with Crippen LogP contribution in [-0.4, -0.2) is 23.0 Å². The summed E-state index contributed by atoms with van der Waals surface area (Å²) in [5, 5.41) is 0. The molecule has 0 amide bonds. The van der Waals surface area contributed by atoms with E-state index < -0.39 is 0 Å². The molecular weight excluding hydrogens is 269 g/mol. The van der Waals surface area contributed by atoms with Gasteiger partial charge in [-0.3, -0.25) is 0 Å². The van der Waals surface area contributed by atoms with Gasteiger partial charge in [-0.1, -0.05) is 24.8 Å². The molecule has 1 saturated carbocycles. The number of nitrogens with zero attached hydrogens (tertiary/aromatic N) is 1. The fourth-order valence-electron chi connectivity index (χ4n) is 3.25. The summed E-state index contributed by atoms with van der Waals surface area (Å²) >= 11 is 0. The zero-order valence-corrected chi connectivity index (χ0v) is 13.3. The van der Waals surface area contributed by atoms with Crippen molar-refractivity contribution >= 4 is 16.5 Å². The lowest BCUT2D eigenvalue weighted by molar-refractivity contribution is 0.361. The second-order valence-electron chi connectivity index (χ2n) is 6.29. The summed E-state index contributed by atoms with van der Waals surface area (Å²) in [6.07, 6.45) is 7.86. The largest absolute Gasteiger partial charge is 0.249 e. The molecular formula is C17H24FNS. The minimum Gasteiger partial charge on any atom is -0.249 e. The van der Waals surface area contributed by atoms with E-state index >= 15 is 0 Å². The van der Waals surface area contributed by atoms with Gasteiger partial charge in [0.2, 0.25) is 0 Å². The van der Waals surface area contributed by atoms with Gasteiger partial charge >= 0.3 is 0 Å². The molecule has 110 valence electrons. The first-order chi connectivity index (χ1) is 9.56. The van der Waals surface area contributed by atoms with Crippen LogP contribution in [0.4, 0.5) is 4.39 Å². The molecule has 1 aliphatic carbocycles. The lowest BCUT2D eigenvalue weighted by atomic mass is 9.91. The van der Waals surface area contributed by atoms with E-state index in [1.807, 2.05) is 0 Å². The van der Waals surface area contributed by atoms with E-state index in [1.165, 1.54) is 24.0 Å². The van der Waals surface area contributed by atoms with Crippen LogP contribution in [0.15, 0.2) is 12.1 Å². The maximum absolute atomic E-state index is 14.2. The van der Waals surface area contributed by atoms with Gasteiger partial charge in [0.1, 0.15) is 5.82 Å². The van der Waals surface area contributed by atoms with Gasteiger partial charge in [0.25, 0.3) is 0 Å². The van der Waals surface area contributed by atoms with E-state index in [0.717, 1.165) is 37.3 Å². The Morgan fingerprint density at radius 3 is 2.80 bits per heavy atom. The lowest BCUT2D eigenvalue weighted by Crippen LogP contribution is -2.29. The Morgan fingerprint density at radius 1 is 1.40 bits per heavy atom. The molecule has 1 nitrogen and oxygen atoms in total. The number of fused-ring (bicyclic) bond motifs is 1. The topological polar surface area (TPSA) is 3.24 Å². The Labute approximate surface area is 124 Å². The highest BCUT2D eigenvalue weighted by Gasteiger charge is 2.26. The molecule has 1 aliphatic heterocycles. The second kappa shape index (κ2) is 5.61. The molecule has 1 heterocycles. The minimum atomic E-state index is 0.00942. The third-order valence-corrected chi connectivity index (χ3v) is 6.01. The third-order valence-electron chi connectivity index (χ3n) is 4.71. The van der Waals surface area contributed by atoms with Gasteiger partial charge in [-0.25, -0.2) is 8.70 Å². The molecule has 20 heavy (non-hydrogen) atoms. The summed E-state index contributed by atoms with van der Waals surface area (Å²) in [4.78, 5) is 0. The van der Waals surface area contributed by atoms with Crippen molar-refractivity contribution in [3.05, 3.63) is 34.6 Å². The summed E-state index contributed by atoms with van der Waals surface area (Å²) in [6, 6.07) is 4.30. The number of hydrogen-bond acceptors (Lipinski definition) is 1. The summed E-state index contributed by atoms with van der Waals surface area (Å²) in [7, 11) is 0.0372. The Bertz CT molecular complexity index is 536. The molecule has 0 aromatic heterocycles. The first-order valence-electron chi connectivity index (χ1n) is 7.60. The molecule has 0 bridgehead atoms. The van der Waals surface area contributed by atoms with Crippen LogP contribution in [0.5, 0.6) is 0 Å². The predicted octanol–water partition coefficient (Wildman–Crippen LogP) is 4.33. The fraction of sp³-hybridized carbons (Fsp3) is 0.588. The maximum Gasteiger partial charge on any atom is 0.126 e. The summed E-state index contributed by atoms with van der Waals surface area (Å²) in [6.45, 7) is 3.23. The Hall–Kier alpha value is -0.670. The highest BCUT2D eigenvalue weighted by Crippen LogP contribution is 2.38. The van der Waals surface area contributed by atoms with Crippen molar-refractivity contribution < 1.29 is 4.39 Å². The quantitative estimate of drug-likeness (QED) is 0.747. The minimum absolute atomic E-state index is 0.00942. The van der Waals surface area contributed by atoms with Crippen molar-refractivity contribution in [2.45, 2.75) is 45.1 Å². The summed E-state index contributed by atoms with van der Waals surface area (Å²) in [5.74, 6) is 5.04. The van der Waals surface area contributed by atoms with E-state index in [4.69, 9.17) is 0 Å². The van der Waals surface area contributed by atoms with Crippen molar-refractivity contribution in [1.82, 2.24) is 4.31 Å². The molecule has 0 saturated heterocycles. The van der Waals surface area contributed by atoms with Crippen LogP contribution in [0.1, 0.15) is 48.9 Å². The molecule has 2 aliphatic rings. The molecule has 2 unspecified atom stereocenters. The zero-order valence-electron chi connectivity index (χ0n) is 12.5. The highest BCUT2D eigenvalue weighted by molar-refractivity contribution is 8.11. The molecule has 0 spiro atoms. The van der Waals surface area contributed by atoms with Crippen LogP contribution in [0.3, 0.4) is 0 Å². The molecule has 1 aromatic carbocycles. The smallest absolute Gasteiger partial charge is 0.126 e. The first kappa shape index (κ1) is 14.3. The maximum atomic E-state index is 14.2. The van der Waals surface area contributed by atoms with Crippen LogP contribution in [0, 0.1) is 11.7 Å². The molecule has 2 atom stereocenters. The van der Waals surface area contributed by atoms with Gasteiger partial charge in [-0.2, -0.15) is 0 Å². The first-order valence-corrected chi connectivity index (χ1v) is 9.35. The number of halogens is 1. The monoisotopic (exact) mass is 293 g/mol. The highest BCUT2D eigenvalue weighted by atomic mass is 32.2. The van der Waals surface area contributed by atoms with Crippen molar-refractivity contribution in [1.29, 1.82) is 0 Å². The average molecular weight is 293 g/mol. The van der Waals surface area contributed by atoms with Crippen LogP contribution >= 0.6 is 10.7 Å². The van der Waals surface area contributed by atoms with E-state index in [-0.39, 0.29) is 16.5 Å². The molecule has 0 N–H and O–H groups in total. The van der Waals surface area contributed by atoms with E-state index in [1.54, 1.807) is 6.07 Å². The van der Waals surface area contributed by atoms with Crippen LogP contribution < -0.4 is 0 Å². The summed E-state index contributed by atoms with van der Waals surface area (Å²) < 4.78 is 16.6. The van der Waals surface area contributed by atoms with Crippen molar-refractivity contribution in [3.8, 4) is 0 Å². The van der Waals surface area contributed by atoms with E-state index in [0.29, 0.717) is 6.04 Å². The molecule has 1 fully saturated rings. The molecule has 3 rings (SSSR count). The SMILES string of the molecule is C=S(C)N1CCc2cc(F)c(CCC3CC3)cc2C1C. The van der Waals surface area contributed by atoms with Gasteiger partial charge in [0, 0.05) is 12.6 Å². The van der Waals surface area contributed by atoms with Gasteiger partial charge < -0.3 is 0 Å². The molecule has 0 radical (unpaired) electrons. The normalized spacial score (nSPS) is 24.4. The zero-order chi connectivity index (χ0) is 14.3. The Kier molecular flexibility index (Phi) is 4.00. The molecule has 1 aromatic rings. The number of hydrogen-bond donors (Lipinski definition) is 0. The van der Waals surface area contributed by atoms with Gasteiger partial charge in [0.05, 0.1) is 0 Å². The Balaban J connectivity index is 1.86. The van der Waals surface area contributed by atoms with Crippen molar-refractivity contribution in [2.75, 3.05) is 12.8 Å². The standard InChI is InChI=1S/C17H24FNS/c1-12-16-10-15(7-6-13-4-5-13)17(18)11-14(16)8-9-19(12)20(2)3/h10-13H,2,4-9H2,1,3H3. The van der Waals surface area contributed by atoms with Crippen LogP contribution in [-0.2, 0) is 12.8 Å². The predicted molar refractivity (Wildman–Crippen MR) is 86.9 cm³/mol. The third kappa shape index (κ3) is 2.84. The average Bonchev–Trinajstić information content (AvgIpc) is 3.20. The number of aryl methyl sites for hydroxylation is 1. The van der Waals surface area contributed by atoms with Gasteiger partial charge in [-0.05, 0) is 61.1 Å². The second-order valence-corrected chi connectivity index (χ2v) is 7.96. The lowest BCUT2D eigenvalue weighted by Gasteiger charge is -2.36. The molecule has 3 heteroatoms. The van der Waals surface area contributed by atoms with Crippen LogP contribution in [0.2, 0.25) is 0 Å². The van der Waals surface area contributed by atoms with E-state index in [2.05, 4.69) is 29.4 Å². The fourth-order valence-corrected chi connectivity index (χ4v) is 4.30. The van der Waals surface area contributed by atoms with Crippen molar-refractivity contribution in [2.24, 2.45) is 5.92 Å². The number of rotatable bonds is 4. The number of benzene rings is 1. The van der Waals surface area contributed by atoms with Gasteiger partial charge in [0.15, 0.2) is 0 Å². The van der Waals surface area contributed by atoms with E-state index in [9.17, 15) is 4.39 Å². The van der Waals surface area contributed by atoms with Gasteiger partial charge in [-0.15, -0.1) is 10.7 Å². The van der Waals surface area contributed by atoms with Crippen molar-refractivity contribution in [3.63, 3.8) is 0 Å². The summed E-state index contributed by atoms with van der Waals surface area (Å²) in [5.41, 5.74) is 3.45. The van der Waals surface area contributed by atoms with Crippen LogP contribution in [0.25, 0.3) is 0 Å². The Morgan fingerprint density at radius 2 is 2.15 bits per heavy atom.